The smallest absolute Gasteiger partial charge is 0.125 e. The van der Waals surface area contributed by atoms with Crippen LogP contribution < -0.4 is 0 Å². The summed E-state index contributed by atoms with van der Waals surface area (Å²) < 4.78 is 13.2. The number of alkyl halides is 1. The maximum Gasteiger partial charge on any atom is 0.125 e. The van der Waals surface area contributed by atoms with Gasteiger partial charge >= 0.3 is 0 Å². The molecule has 0 aliphatic heterocycles. The van der Waals surface area contributed by atoms with Crippen molar-refractivity contribution in [1.29, 1.82) is 0 Å². The van der Waals surface area contributed by atoms with Gasteiger partial charge in [-0.2, -0.15) is 0 Å². The van der Waals surface area contributed by atoms with Gasteiger partial charge in [0.1, 0.15) is 5.82 Å². The molecule has 0 radical (unpaired) electrons. The number of benzene rings is 1. The highest BCUT2D eigenvalue weighted by Gasteiger charge is 2.05. The van der Waals surface area contributed by atoms with E-state index >= 15 is 0 Å². The fourth-order valence-electron chi connectivity index (χ4n) is 0.700. The van der Waals surface area contributed by atoms with Gasteiger partial charge in [0.25, 0.3) is 0 Å². The molecule has 0 aliphatic carbocycles. The quantitative estimate of drug-likeness (QED) is 0.668. The average Bonchev–Trinajstić information content (AvgIpc) is 1.85. The minimum atomic E-state index is -0.365. The summed E-state index contributed by atoms with van der Waals surface area (Å²) in [6.07, 6.45) is 0. The van der Waals surface area contributed by atoms with Crippen LogP contribution in [0.5, 0.6) is 0 Å². The summed E-state index contributed by atoms with van der Waals surface area (Å²) in [6.45, 7) is 0. The predicted molar refractivity (Wildman–Crippen MR) is 48.7 cm³/mol. The second-order valence-electron chi connectivity index (χ2n) is 1.98. The second kappa shape index (κ2) is 3.74. The molecule has 1 aromatic rings. The molecule has 0 saturated heterocycles. The normalized spacial score (nSPS) is 10.2. The zero-order valence-corrected chi connectivity index (χ0v) is 8.47. The first-order valence-electron chi connectivity index (χ1n) is 2.84. The van der Waals surface area contributed by atoms with Crippen molar-refractivity contribution in [3.63, 3.8) is 0 Å². The lowest BCUT2D eigenvalue weighted by Crippen LogP contribution is -1.84. The van der Waals surface area contributed by atoms with Gasteiger partial charge in [-0.1, -0.05) is 27.5 Å². The van der Waals surface area contributed by atoms with Crippen LogP contribution in [0.3, 0.4) is 0 Å². The predicted octanol–water partition coefficient (Wildman–Crippen LogP) is 3.98. The van der Waals surface area contributed by atoms with Crippen molar-refractivity contribution in [3.8, 4) is 0 Å². The Labute approximate surface area is 82.4 Å². The maximum absolute atomic E-state index is 12.6. The molecular weight excluding hydrogens is 254 g/mol. The van der Waals surface area contributed by atoms with E-state index in [9.17, 15) is 4.39 Å². The van der Waals surface area contributed by atoms with Crippen molar-refractivity contribution in [2.45, 2.75) is 5.88 Å². The van der Waals surface area contributed by atoms with Gasteiger partial charge in [0.05, 0.1) is 0 Å². The van der Waals surface area contributed by atoms with E-state index in [0.717, 1.165) is 5.56 Å². The summed E-state index contributed by atoms with van der Waals surface area (Å²) in [5.41, 5.74) is 0.717. The van der Waals surface area contributed by atoms with Crippen molar-refractivity contribution >= 4 is 39.1 Å². The van der Waals surface area contributed by atoms with Crippen molar-refractivity contribution < 1.29 is 4.39 Å². The molecule has 0 saturated carbocycles. The highest BCUT2D eigenvalue weighted by atomic mass is 79.9. The third-order valence-electron chi connectivity index (χ3n) is 1.24. The molecule has 4 heteroatoms. The first-order chi connectivity index (χ1) is 5.15. The van der Waals surface area contributed by atoms with E-state index in [1.54, 1.807) is 0 Å². The molecular formula is C7H4BrCl2F. The van der Waals surface area contributed by atoms with Gasteiger partial charge < -0.3 is 0 Å². The van der Waals surface area contributed by atoms with Crippen LogP contribution in [0.15, 0.2) is 16.6 Å². The molecule has 0 spiro atoms. The Morgan fingerprint density at radius 3 is 2.55 bits per heavy atom. The molecule has 11 heavy (non-hydrogen) atoms. The molecule has 1 rings (SSSR count). The molecule has 1 aromatic carbocycles. The lowest BCUT2D eigenvalue weighted by molar-refractivity contribution is 0.626. The minimum absolute atomic E-state index is 0.277. The molecule has 0 nitrogen and oxygen atoms in total. The van der Waals surface area contributed by atoms with Gasteiger partial charge in [0.2, 0.25) is 0 Å². The number of rotatable bonds is 1. The topological polar surface area (TPSA) is 0 Å². The summed E-state index contributed by atoms with van der Waals surface area (Å²) >= 11 is 14.4. The van der Waals surface area contributed by atoms with E-state index in [1.807, 2.05) is 0 Å². The highest BCUT2D eigenvalue weighted by molar-refractivity contribution is 9.10. The van der Waals surface area contributed by atoms with E-state index in [0.29, 0.717) is 9.50 Å². The molecule has 0 bridgehead atoms. The third kappa shape index (κ3) is 2.08. The first kappa shape index (κ1) is 9.30. The van der Waals surface area contributed by atoms with Crippen LogP contribution in [-0.4, -0.2) is 0 Å². The van der Waals surface area contributed by atoms with Crippen LogP contribution in [0.2, 0.25) is 5.02 Å². The van der Waals surface area contributed by atoms with Crippen LogP contribution in [-0.2, 0) is 5.88 Å². The van der Waals surface area contributed by atoms with Crippen LogP contribution >= 0.6 is 39.1 Å². The van der Waals surface area contributed by atoms with Crippen molar-refractivity contribution in [3.05, 3.63) is 33.0 Å². The number of halogens is 4. The second-order valence-corrected chi connectivity index (χ2v) is 3.51. The summed E-state index contributed by atoms with van der Waals surface area (Å²) in [5, 5.41) is 0.354. The SMILES string of the molecule is Fc1cc(Cl)c(CCl)c(Br)c1. The zero-order chi connectivity index (χ0) is 8.43. The molecule has 0 aliphatic rings. The highest BCUT2D eigenvalue weighted by Crippen LogP contribution is 2.27. The van der Waals surface area contributed by atoms with Crippen LogP contribution in [0.4, 0.5) is 4.39 Å². The largest absolute Gasteiger partial charge is 0.207 e. The first-order valence-corrected chi connectivity index (χ1v) is 4.55. The standard InChI is InChI=1S/C7H4BrCl2F/c8-6-1-4(11)2-7(10)5(6)3-9/h1-2H,3H2. The van der Waals surface area contributed by atoms with Crippen LogP contribution in [0.1, 0.15) is 5.56 Å². The van der Waals surface area contributed by atoms with Crippen LogP contribution in [0.25, 0.3) is 0 Å². The molecule has 0 fully saturated rings. The van der Waals surface area contributed by atoms with Gasteiger partial charge in [-0.25, -0.2) is 4.39 Å². The molecule has 0 aromatic heterocycles. The molecule has 0 N–H and O–H groups in total. The van der Waals surface area contributed by atoms with Crippen molar-refractivity contribution in [2.75, 3.05) is 0 Å². The van der Waals surface area contributed by atoms with E-state index in [4.69, 9.17) is 23.2 Å². The van der Waals surface area contributed by atoms with E-state index in [2.05, 4.69) is 15.9 Å². The Balaban J connectivity index is 3.25. The lowest BCUT2D eigenvalue weighted by atomic mass is 10.2. The van der Waals surface area contributed by atoms with E-state index < -0.39 is 0 Å². The zero-order valence-electron chi connectivity index (χ0n) is 5.37. The number of hydrogen-bond donors (Lipinski definition) is 0. The Morgan fingerprint density at radius 2 is 2.09 bits per heavy atom. The summed E-state index contributed by atoms with van der Waals surface area (Å²) in [6, 6.07) is 2.58. The summed E-state index contributed by atoms with van der Waals surface area (Å²) in [4.78, 5) is 0. The average molecular weight is 258 g/mol. The van der Waals surface area contributed by atoms with Crippen molar-refractivity contribution in [2.24, 2.45) is 0 Å². The summed E-state index contributed by atoms with van der Waals surface area (Å²) in [7, 11) is 0. The lowest BCUT2D eigenvalue weighted by Gasteiger charge is -2.02. The van der Waals surface area contributed by atoms with Gasteiger partial charge in [0.15, 0.2) is 0 Å². The minimum Gasteiger partial charge on any atom is -0.207 e. The monoisotopic (exact) mass is 256 g/mol. The van der Waals surface area contributed by atoms with Gasteiger partial charge in [-0.05, 0) is 17.7 Å². The van der Waals surface area contributed by atoms with Gasteiger partial charge in [0, 0.05) is 15.4 Å². The Hall–Kier alpha value is 0.210. The fraction of sp³-hybridized carbons (Fsp3) is 0.143. The van der Waals surface area contributed by atoms with Gasteiger partial charge in [-0.15, -0.1) is 11.6 Å². The molecule has 0 unspecified atom stereocenters. The Kier molecular flexibility index (Phi) is 3.16. The van der Waals surface area contributed by atoms with Crippen molar-refractivity contribution in [1.82, 2.24) is 0 Å². The summed E-state index contributed by atoms with van der Waals surface area (Å²) in [5.74, 6) is -0.0876. The Bertz CT molecular complexity index is 252. The molecule has 0 amide bonds. The third-order valence-corrected chi connectivity index (χ3v) is 2.55. The Morgan fingerprint density at radius 1 is 1.45 bits per heavy atom. The molecule has 0 heterocycles. The van der Waals surface area contributed by atoms with Crippen LogP contribution in [0, 0.1) is 5.82 Å². The fourth-order valence-corrected chi connectivity index (χ4v) is 2.18. The molecule has 60 valence electrons. The maximum atomic E-state index is 12.6. The van der Waals surface area contributed by atoms with E-state index in [1.165, 1.54) is 12.1 Å². The van der Waals surface area contributed by atoms with E-state index in [-0.39, 0.29) is 11.7 Å². The van der Waals surface area contributed by atoms with Gasteiger partial charge in [-0.3, -0.25) is 0 Å². The number of hydrogen-bond acceptors (Lipinski definition) is 0. The molecule has 0 atom stereocenters.